The summed E-state index contributed by atoms with van der Waals surface area (Å²) >= 11 is 6.98. The summed E-state index contributed by atoms with van der Waals surface area (Å²) in [5.74, 6) is -6.23. The van der Waals surface area contributed by atoms with Crippen LogP contribution in [0.3, 0.4) is 0 Å². The molecule has 22 heteroatoms. The minimum absolute atomic E-state index is 0. The summed E-state index contributed by atoms with van der Waals surface area (Å²) < 4.78 is 47.7. The number of halogens is 5. The van der Waals surface area contributed by atoms with E-state index in [2.05, 4.69) is 79.5 Å². The maximum absolute atomic E-state index is 12.7. The van der Waals surface area contributed by atoms with Crippen molar-refractivity contribution in [3.05, 3.63) is 178 Å². The number of rotatable bonds is 12. The van der Waals surface area contributed by atoms with Crippen molar-refractivity contribution in [2.75, 3.05) is 21.3 Å². The SMILES string of the molecule is CB(F)I.CC.CC.CC.CC.CCc1ccc(C2C(C(=O)OC)C(c3ccc(CC)cc3)C2C(=O)OC)cc1.COS(=O)(=O)c1ccc(C)cc1.Cc1ccc(C2C(C(=O)O)C(c3ccc(C)cc3)C2C(=O)O)cc1.I[I-]I.[NH2-].[Na+].[OH-].[V]. The van der Waals surface area contributed by atoms with Crippen LogP contribution in [0, 0.1) is 44.4 Å². The molecule has 5 N–H and O–H groups in total. The van der Waals surface area contributed by atoms with Crippen LogP contribution in [0.25, 0.3) is 6.15 Å². The van der Waals surface area contributed by atoms with Gasteiger partial charge in [0.2, 0.25) is 0 Å². The van der Waals surface area contributed by atoms with E-state index in [0.717, 1.165) is 58.9 Å². The number of hydrogen-bond acceptors (Lipinski definition) is 10. The first-order chi connectivity index (χ1) is 37.7. The van der Waals surface area contributed by atoms with Crippen LogP contribution in [0.1, 0.15) is 143 Å². The first-order valence-corrected chi connectivity index (χ1v) is 41.8. The summed E-state index contributed by atoms with van der Waals surface area (Å²) in [6.45, 7) is 27.5. The van der Waals surface area contributed by atoms with Crippen LogP contribution in [-0.2, 0) is 74.4 Å². The normalized spacial score (nSPS) is 17.9. The zero-order chi connectivity index (χ0) is 61.2. The van der Waals surface area contributed by atoms with Gasteiger partial charge in [0.05, 0.1) is 49.9 Å². The Labute approximate surface area is 574 Å². The number of carboxylic acid groups (broad SMARTS) is 2. The molecule has 461 valence electrons. The second kappa shape index (κ2) is 51.2. The fourth-order valence-electron chi connectivity index (χ4n) is 8.96. The van der Waals surface area contributed by atoms with Gasteiger partial charge in [0.15, 0.2) is 0 Å². The molecule has 0 heterocycles. The van der Waals surface area contributed by atoms with Crippen molar-refractivity contribution in [2.24, 2.45) is 23.7 Å². The van der Waals surface area contributed by atoms with Crippen LogP contribution in [0.5, 0.6) is 0 Å². The van der Waals surface area contributed by atoms with Gasteiger partial charge in [-0.1, -0.05) is 195 Å². The van der Waals surface area contributed by atoms with Crippen molar-refractivity contribution >= 4 is 98.4 Å². The number of carboxylic acids is 2. The van der Waals surface area contributed by atoms with Crippen LogP contribution in [0.4, 0.5) is 4.32 Å². The number of carbonyl (C=O) groups excluding carboxylic acids is 2. The van der Waals surface area contributed by atoms with Crippen molar-refractivity contribution in [2.45, 2.75) is 138 Å². The molecule has 2 aliphatic carbocycles. The Bertz CT molecular complexity index is 2460. The van der Waals surface area contributed by atoms with Crippen LogP contribution < -0.4 is 42.8 Å². The summed E-state index contributed by atoms with van der Waals surface area (Å²) in [7, 11) is 0.443. The number of aryl methyl sites for hydroxylation is 5. The summed E-state index contributed by atoms with van der Waals surface area (Å²) in [6, 6.07) is 37.8. The zero-order valence-electron chi connectivity index (χ0n) is 51.5. The number of benzene rings is 5. The Morgan fingerprint density at radius 1 is 0.530 bits per heavy atom. The van der Waals surface area contributed by atoms with E-state index in [1.807, 2.05) is 149 Å². The third-order valence-electron chi connectivity index (χ3n) is 12.6. The molecule has 5 aromatic carbocycles. The van der Waals surface area contributed by atoms with Gasteiger partial charge < -0.3 is 35.6 Å². The molecule has 0 aromatic heterocycles. The average Bonchev–Trinajstić information content (AvgIpc) is 3.44. The first kappa shape index (κ1) is 92.5. The van der Waals surface area contributed by atoms with Crippen LogP contribution in [0.15, 0.2) is 126 Å². The number of esters is 2. The van der Waals surface area contributed by atoms with Crippen molar-refractivity contribution in [1.29, 1.82) is 0 Å². The Morgan fingerprint density at radius 2 is 0.735 bits per heavy atom. The molecule has 13 nitrogen and oxygen atoms in total. The number of carbonyl (C=O) groups is 4. The maximum Gasteiger partial charge on any atom is 1.00 e. The van der Waals surface area contributed by atoms with Crippen LogP contribution in [-0.4, -0.2) is 74.2 Å². The molecule has 0 atom stereocenters. The summed E-state index contributed by atoms with van der Waals surface area (Å²) in [4.78, 5) is 48.6. The fraction of sp³-hybridized carbons (Fsp3) is 0.443. The summed E-state index contributed by atoms with van der Waals surface area (Å²) in [5, 5.41) is 19.4. The van der Waals surface area contributed by atoms with Gasteiger partial charge in [0.1, 0.15) is 0 Å². The Balaban J connectivity index is -0.000000244. The molecule has 5 aromatic rings. The predicted octanol–water partition coefficient (Wildman–Crippen LogP) is 11.1. The van der Waals surface area contributed by atoms with Crippen molar-refractivity contribution in [3.63, 3.8) is 0 Å². The van der Waals surface area contributed by atoms with E-state index < -0.39 is 62.4 Å². The minimum atomic E-state index is -3.51. The monoisotopic (exact) mass is 1670 g/mol. The fourth-order valence-corrected chi connectivity index (χ4v) is 9.62. The van der Waals surface area contributed by atoms with Gasteiger partial charge in [-0.15, -0.1) is 22.4 Å². The number of hydrogen-bond donors (Lipinski definition) is 2. The van der Waals surface area contributed by atoms with Gasteiger partial charge in [-0.25, -0.2) is 0 Å². The summed E-state index contributed by atoms with van der Waals surface area (Å²) in [5.41, 5.74) is 9.10. The Hall–Kier alpha value is -1.69. The molecule has 1 radical (unpaired) electrons. The largest absolute Gasteiger partial charge is 1.00 e. The number of aliphatic carboxylic acids is 2. The zero-order valence-corrected chi connectivity index (χ0v) is 64.3. The minimum Gasteiger partial charge on any atom is -0.870 e. The maximum atomic E-state index is 12.7. The van der Waals surface area contributed by atoms with Crippen molar-refractivity contribution in [3.8, 4) is 0 Å². The van der Waals surface area contributed by atoms with E-state index in [0.29, 0.717) is 13.3 Å². The Kier molecular flexibility index (Phi) is 57.1. The topological polar surface area (TPSA) is 234 Å². The van der Waals surface area contributed by atoms with Crippen molar-refractivity contribution in [1.82, 2.24) is 0 Å². The van der Waals surface area contributed by atoms with Gasteiger partial charge in [0, 0.05) is 42.2 Å². The van der Waals surface area contributed by atoms with E-state index in [-0.39, 0.29) is 88.4 Å². The Morgan fingerprint density at radius 3 is 0.928 bits per heavy atom. The molecular weight excluding hydrogens is 1580 g/mol. The van der Waals surface area contributed by atoms with Gasteiger partial charge in [-0.05, 0) is 85.9 Å². The number of nitrogens with two attached hydrogens (primary N) is 1. The third-order valence-corrected chi connectivity index (χ3v) is 13.9. The predicted molar refractivity (Wildman–Crippen MR) is 351 cm³/mol. The quantitative estimate of drug-likeness (QED) is 0.0514. The smallest absolute Gasteiger partial charge is 0.870 e. The molecule has 2 fully saturated rings. The number of ether oxygens (including phenoxy) is 2. The molecule has 0 amide bonds. The molecule has 0 saturated heterocycles. The van der Waals surface area contributed by atoms with Gasteiger partial charge in [0.25, 0.3) is 10.1 Å². The molecule has 0 bridgehead atoms. The van der Waals surface area contributed by atoms with Gasteiger partial charge >= 0.3 is 109 Å². The van der Waals surface area contributed by atoms with Crippen LogP contribution in [0.2, 0.25) is 6.82 Å². The van der Waals surface area contributed by atoms with Crippen LogP contribution >= 0.6 is 59.6 Å². The van der Waals surface area contributed by atoms with Gasteiger partial charge in [-0.2, -0.15) is 8.42 Å². The molecule has 0 aliphatic heterocycles. The summed E-state index contributed by atoms with van der Waals surface area (Å²) in [6.07, 6.45) is 1.89. The molecule has 7 rings (SSSR count). The van der Waals surface area contributed by atoms with Gasteiger partial charge in [-0.3, -0.25) is 23.4 Å². The number of methoxy groups -OCH3 is 2. The first-order valence-electron chi connectivity index (χ1n) is 26.6. The molecular formula is C61H88BFI4NNaO12SV-2. The molecule has 2 aliphatic rings. The molecule has 2 saturated carbocycles. The second-order valence-electron chi connectivity index (χ2n) is 16.9. The van der Waals surface area contributed by atoms with E-state index >= 15 is 0 Å². The molecule has 0 spiro atoms. The van der Waals surface area contributed by atoms with Crippen molar-refractivity contribution < 1.29 is 123 Å². The molecule has 83 heavy (non-hydrogen) atoms. The second-order valence-corrected chi connectivity index (χ2v) is 36.6. The van der Waals surface area contributed by atoms with E-state index in [1.165, 1.54) is 44.3 Å². The third kappa shape index (κ3) is 29.5. The molecule has 0 unspecified atom stereocenters. The van der Waals surface area contributed by atoms with E-state index in [4.69, 9.17) is 9.47 Å². The van der Waals surface area contributed by atoms with E-state index in [1.54, 1.807) is 34.5 Å². The average molecular weight is 1670 g/mol. The standard InChI is InChI=1S/C24H28O4.C20H20O4.C8H10O3S.4C2H6.CH3BFI.I3.H2N.Na.H2O.V/c1-5-15-7-11-17(12-8-15)19-21(23(25)27-3)20(22(19)24(26)28-4)18-13-9-16(6-2)10-14-18;1-11-3-7-13(8-4-11)15-17(19(21)22)16(18(15)20(23)24)14-9-5-12(2)6-10-14;1-7-3-5-8(6-4-7)12(9,10)11-2;4*1-2;1-2(3)4;1-3-2;;;;/h7-14,19-22H,5-6H2,1-4H3;3-10,15-18H,1-2H3,(H,21,22)(H,23,24);3-6H,1-2H3;4*1-2H3;1H3;;1H2;;1H2;/q;;;;;;;;2*-1;+1;;/p-1. The van der Waals surface area contributed by atoms with E-state index in [9.17, 15) is 42.1 Å².